The first-order valence-corrected chi connectivity index (χ1v) is 12.6. The third kappa shape index (κ3) is 6.13. The number of amides is 1. The number of aliphatic hydroxyl groups is 1. The molecule has 9 heteroatoms. The minimum atomic E-state index is -4.80. The van der Waals surface area contributed by atoms with Crippen molar-refractivity contribution in [3.05, 3.63) is 89.0 Å². The van der Waals surface area contributed by atoms with Gasteiger partial charge in [-0.2, -0.15) is 18.4 Å². The molecule has 1 saturated carbocycles. The molecule has 1 aliphatic carbocycles. The molecule has 1 unspecified atom stereocenters. The van der Waals surface area contributed by atoms with Gasteiger partial charge in [-0.15, -0.1) is 0 Å². The standard InChI is InChI=1S/C30H27F3N2O4/c31-30(32,33)26-16-24(14-13-22(26)18-34)35-28(38)29(39,23-10-2-1-3-11-23)17-21-7-4-5-12-25(21)19-8-6-9-20(15-19)27(36)37/h4-9,12-16,23,39H,1-3,10-11,17H2,(H,35,38)(H,36,37). The molecule has 1 aliphatic rings. The van der Waals surface area contributed by atoms with E-state index in [1.165, 1.54) is 24.3 Å². The smallest absolute Gasteiger partial charge is 0.417 e. The summed E-state index contributed by atoms with van der Waals surface area (Å²) >= 11 is 0. The fourth-order valence-corrected chi connectivity index (χ4v) is 5.25. The first-order valence-electron chi connectivity index (χ1n) is 12.6. The van der Waals surface area contributed by atoms with E-state index in [1.54, 1.807) is 36.4 Å². The molecule has 0 radical (unpaired) electrons. The number of nitrogens with one attached hydrogen (secondary N) is 1. The second-order valence-corrected chi connectivity index (χ2v) is 9.80. The molecular formula is C30H27F3N2O4. The van der Waals surface area contributed by atoms with Crippen LogP contribution < -0.4 is 5.32 Å². The van der Waals surface area contributed by atoms with E-state index in [2.05, 4.69) is 5.32 Å². The summed E-state index contributed by atoms with van der Waals surface area (Å²) in [4.78, 5) is 25.2. The molecule has 4 rings (SSSR count). The number of carbonyl (C=O) groups is 2. The van der Waals surface area contributed by atoms with Crippen LogP contribution in [-0.2, 0) is 17.4 Å². The number of anilines is 1. The Morgan fingerprint density at radius 2 is 1.69 bits per heavy atom. The van der Waals surface area contributed by atoms with Crippen LogP contribution in [0.3, 0.4) is 0 Å². The van der Waals surface area contributed by atoms with Crippen molar-refractivity contribution in [1.29, 1.82) is 5.26 Å². The molecule has 3 aromatic rings. The zero-order valence-corrected chi connectivity index (χ0v) is 21.0. The van der Waals surface area contributed by atoms with Gasteiger partial charge in [0.2, 0.25) is 0 Å². The molecule has 1 fully saturated rings. The van der Waals surface area contributed by atoms with Crippen molar-refractivity contribution in [3.8, 4) is 17.2 Å². The van der Waals surface area contributed by atoms with Gasteiger partial charge in [0.15, 0.2) is 0 Å². The van der Waals surface area contributed by atoms with E-state index in [9.17, 15) is 33.0 Å². The molecule has 0 spiro atoms. The van der Waals surface area contributed by atoms with E-state index >= 15 is 0 Å². The number of rotatable bonds is 7. The molecule has 202 valence electrons. The van der Waals surface area contributed by atoms with Crippen molar-refractivity contribution in [1.82, 2.24) is 0 Å². The average molecular weight is 537 g/mol. The molecule has 39 heavy (non-hydrogen) atoms. The number of nitrogens with zero attached hydrogens (tertiary/aromatic N) is 1. The van der Waals surface area contributed by atoms with Gasteiger partial charge in [-0.25, -0.2) is 4.79 Å². The van der Waals surface area contributed by atoms with E-state index in [0.717, 1.165) is 25.3 Å². The highest BCUT2D eigenvalue weighted by Crippen LogP contribution is 2.39. The number of hydrogen-bond acceptors (Lipinski definition) is 4. The lowest BCUT2D eigenvalue weighted by Crippen LogP contribution is -2.51. The third-order valence-electron chi connectivity index (χ3n) is 7.27. The molecule has 0 heterocycles. The van der Waals surface area contributed by atoms with Crippen LogP contribution >= 0.6 is 0 Å². The number of aromatic carboxylic acids is 1. The summed E-state index contributed by atoms with van der Waals surface area (Å²) in [6, 6.07) is 17.7. The van der Waals surface area contributed by atoms with Crippen LogP contribution in [0.1, 0.15) is 59.2 Å². The second-order valence-electron chi connectivity index (χ2n) is 9.80. The molecular weight excluding hydrogens is 509 g/mol. The largest absolute Gasteiger partial charge is 0.478 e. The maximum absolute atomic E-state index is 13.7. The van der Waals surface area contributed by atoms with Gasteiger partial charge in [0.1, 0.15) is 5.60 Å². The van der Waals surface area contributed by atoms with Crippen molar-refractivity contribution in [3.63, 3.8) is 0 Å². The van der Waals surface area contributed by atoms with Crippen LogP contribution in [0.2, 0.25) is 0 Å². The zero-order valence-electron chi connectivity index (χ0n) is 21.0. The number of carboxylic acid groups (broad SMARTS) is 1. The molecule has 0 bridgehead atoms. The van der Waals surface area contributed by atoms with Gasteiger partial charge in [-0.05, 0) is 65.8 Å². The molecule has 3 aromatic carbocycles. The Morgan fingerprint density at radius 1 is 0.974 bits per heavy atom. The highest BCUT2D eigenvalue weighted by Gasteiger charge is 2.45. The van der Waals surface area contributed by atoms with Gasteiger partial charge in [0.05, 0.1) is 22.8 Å². The lowest BCUT2D eigenvalue weighted by Gasteiger charge is -2.38. The Balaban J connectivity index is 1.72. The third-order valence-corrected chi connectivity index (χ3v) is 7.27. The fourth-order valence-electron chi connectivity index (χ4n) is 5.25. The number of hydrogen-bond donors (Lipinski definition) is 3. The van der Waals surface area contributed by atoms with Gasteiger partial charge >= 0.3 is 12.1 Å². The highest BCUT2D eigenvalue weighted by molar-refractivity contribution is 5.98. The summed E-state index contributed by atoms with van der Waals surface area (Å²) in [5, 5.41) is 32.9. The summed E-state index contributed by atoms with van der Waals surface area (Å²) in [5.74, 6) is -2.36. The number of benzene rings is 3. The van der Waals surface area contributed by atoms with Crippen LogP contribution in [0, 0.1) is 17.2 Å². The maximum Gasteiger partial charge on any atom is 0.417 e. The number of halogens is 3. The van der Waals surface area contributed by atoms with E-state index < -0.39 is 40.7 Å². The predicted molar refractivity (Wildman–Crippen MR) is 139 cm³/mol. The molecule has 0 aliphatic heterocycles. The van der Waals surface area contributed by atoms with Crippen LogP contribution in [0.25, 0.3) is 11.1 Å². The maximum atomic E-state index is 13.7. The van der Waals surface area contributed by atoms with Crippen molar-refractivity contribution in [2.45, 2.75) is 50.3 Å². The topological polar surface area (TPSA) is 110 Å². The lowest BCUT2D eigenvalue weighted by atomic mass is 9.72. The van der Waals surface area contributed by atoms with E-state index in [1.807, 2.05) is 0 Å². The first kappa shape index (κ1) is 27.9. The molecule has 0 aromatic heterocycles. The van der Waals surface area contributed by atoms with Crippen LogP contribution in [0.5, 0.6) is 0 Å². The molecule has 0 saturated heterocycles. The average Bonchev–Trinajstić information content (AvgIpc) is 2.93. The predicted octanol–water partition coefficient (Wildman–Crippen LogP) is 6.43. The summed E-state index contributed by atoms with van der Waals surface area (Å²) in [7, 11) is 0. The minimum Gasteiger partial charge on any atom is -0.478 e. The normalized spacial score (nSPS) is 15.7. The van der Waals surface area contributed by atoms with Gasteiger partial charge in [-0.3, -0.25) is 4.79 Å². The Morgan fingerprint density at radius 3 is 2.36 bits per heavy atom. The summed E-state index contributed by atoms with van der Waals surface area (Å²) < 4.78 is 40.5. The Labute approximate surface area is 223 Å². The number of nitriles is 1. The van der Waals surface area contributed by atoms with Crippen molar-refractivity contribution in [2.24, 2.45) is 5.92 Å². The second kappa shape index (κ2) is 11.3. The fraction of sp³-hybridized carbons (Fsp3) is 0.300. The Hall–Kier alpha value is -4.16. The highest BCUT2D eigenvalue weighted by atomic mass is 19.4. The van der Waals surface area contributed by atoms with Crippen LogP contribution in [-0.4, -0.2) is 27.7 Å². The van der Waals surface area contributed by atoms with Crippen molar-refractivity contribution < 1.29 is 33.0 Å². The molecule has 1 amide bonds. The summed E-state index contributed by atoms with van der Waals surface area (Å²) in [6.07, 6.45) is -1.22. The van der Waals surface area contributed by atoms with Crippen LogP contribution in [0.4, 0.5) is 18.9 Å². The number of carbonyl (C=O) groups excluding carboxylic acids is 1. The number of carboxylic acids is 1. The molecule has 3 N–H and O–H groups in total. The summed E-state index contributed by atoms with van der Waals surface area (Å²) in [5.41, 5.74) is -1.95. The van der Waals surface area contributed by atoms with Gasteiger partial charge < -0.3 is 15.5 Å². The SMILES string of the molecule is N#Cc1ccc(NC(=O)C(O)(Cc2ccccc2-c2cccc(C(=O)O)c2)C2CCCCC2)cc1C(F)(F)F. The minimum absolute atomic E-state index is 0.0869. The lowest BCUT2D eigenvalue weighted by molar-refractivity contribution is -0.142. The molecule has 6 nitrogen and oxygen atoms in total. The van der Waals surface area contributed by atoms with Crippen molar-refractivity contribution >= 4 is 17.6 Å². The van der Waals surface area contributed by atoms with Crippen LogP contribution in [0.15, 0.2) is 66.7 Å². The van der Waals surface area contributed by atoms with E-state index in [0.29, 0.717) is 35.6 Å². The molecule has 1 atom stereocenters. The monoisotopic (exact) mass is 536 g/mol. The Bertz CT molecular complexity index is 1420. The zero-order chi connectivity index (χ0) is 28.2. The Kier molecular flexibility index (Phi) is 8.07. The van der Waals surface area contributed by atoms with Crippen molar-refractivity contribution in [2.75, 3.05) is 5.32 Å². The number of alkyl halides is 3. The van der Waals surface area contributed by atoms with E-state index in [4.69, 9.17) is 5.26 Å². The van der Waals surface area contributed by atoms with E-state index in [-0.39, 0.29) is 17.7 Å². The van der Waals surface area contributed by atoms with Gasteiger partial charge in [0.25, 0.3) is 5.91 Å². The summed E-state index contributed by atoms with van der Waals surface area (Å²) in [6.45, 7) is 0. The quantitative estimate of drug-likeness (QED) is 0.322. The van der Waals surface area contributed by atoms with Gasteiger partial charge in [0, 0.05) is 12.1 Å². The first-order chi connectivity index (χ1) is 18.5. The van der Waals surface area contributed by atoms with Gasteiger partial charge in [-0.1, -0.05) is 55.7 Å².